The molecule has 1 atom stereocenters. The van der Waals surface area contributed by atoms with Crippen LogP contribution in [0.1, 0.15) is 34.0 Å². The molecule has 3 heterocycles. The van der Waals surface area contributed by atoms with Gasteiger partial charge < -0.3 is 14.8 Å². The summed E-state index contributed by atoms with van der Waals surface area (Å²) in [6.07, 6.45) is 0.409. The first-order chi connectivity index (χ1) is 13.7. The Morgan fingerprint density at radius 1 is 1.25 bits per heavy atom. The second kappa shape index (κ2) is 6.76. The summed E-state index contributed by atoms with van der Waals surface area (Å²) in [6, 6.07) is 13.2. The first-order valence-corrected chi connectivity index (χ1v) is 9.87. The van der Waals surface area contributed by atoms with Gasteiger partial charge in [0.25, 0.3) is 0 Å². The van der Waals surface area contributed by atoms with Crippen molar-refractivity contribution >= 4 is 28.3 Å². The molecule has 1 N–H and O–H groups in total. The normalized spacial score (nSPS) is 16.9. The predicted octanol–water partition coefficient (Wildman–Crippen LogP) is 3.99. The summed E-state index contributed by atoms with van der Waals surface area (Å²) in [5.74, 6) is 0.308. The van der Waals surface area contributed by atoms with Gasteiger partial charge in [-0.3, -0.25) is 4.79 Å². The summed E-state index contributed by atoms with van der Waals surface area (Å²) in [4.78, 5) is 28.8. The van der Waals surface area contributed by atoms with E-state index >= 15 is 0 Å². The van der Waals surface area contributed by atoms with Gasteiger partial charge in [-0.05, 0) is 29.8 Å². The number of carbonyl (C=O) groups is 2. The lowest BCUT2D eigenvalue weighted by Gasteiger charge is -2.09. The van der Waals surface area contributed by atoms with Crippen LogP contribution < -0.4 is 10.1 Å². The number of ether oxygens (including phenoxy) is 2. The van der Waals surface area contributed by atoms with E-state index in [1.54, 1.807) is 12.1 Å². The van der Waals surface area contributed by atoms with Gasteiger partial charge >= 0.3 is 5.97 Å². The van der Waals surface area contributed by atoms with E-state index in [4.69, 9.17) is 9.47 Å². The first-order valence-electron chi connectivity index (χ1n) is 8.99. The minimum Gasteiger partial charge on any atom is -0.493 e. The zero-order chi connectivity index (χ0) is 19.1. The van der Waals surface area contributed by atoms with Crippen molar-refractivity contribution in [3.8, 4) is 17.0 Å². The van der Waals surface area contributed by atoms with Crippen LogP contribution in [-0.2, 0) is 16.0 Å². The minimum absolute atomic E-state index is 0.0633. The Kier molecular flexibility index (Phi) is 4.09. The van der Waals surface area contributed by atoms with E-state index in [1.165, 1.54) is 16.9 Å². The molecule has 28 heavy (non-hydrogen) atoms. The highest BCUT2D eigenvalue weighted by molar-refractivity contribution is 7.14. The van der Waals surface area contributed by atoms with Crippen LogP contribution in [0.5, 0.6) is 5.75 Å². The SMILES string of the molecule is O=C(CC1OC(=O)c2ccccc21)Nc1nc(-c2ccc3c(c2)CCO3)cs1. The summed E-state index contributed by atoms with van der Waals surface area (Å²) < 4.78 is 10.9. The average Bonchev–Trinajstić information content (AvgIpc) is 3.41. The first kappa shape index (κ1) is 16.9. The zero-order valence-electron chi connectivity index (χ0n) is 14.8. The van der Waals surface area contributed by atoms with Crippen LogP contribution in [0.25, 0.3) is 11.3 Å². The number of aromatic nitrogens is 1. The third kappa shape index (κ3) is 3.03. The van der Waals surface area contributed by atoms with E-state index in [0.29, 0.717) is 17.3 Å². The number of hydrogen-bond donors (Lipinski definition) is 1. The molecule has 0 fully saturated rings. The van der Waals surface area contributed by atoms with Gasteiger partial charge in [-0.15, -0.1) is 11.3 Å². The molecule has 7 heteroatoms. The second-order valence-electron chi connectivity index (χ2n) is 6.69. The second-order valence-corrected chi connectivity index (χ2v) is 7.55. The quantitative estimate of drug-likeness (QED) is 0.680. The summed E-state index contributed by atoms with van der Waals surface area (Å²) >= 11 is 1.37. The van der Waals surface area contributed by atoms with Crippen LogP contribution in [0.4, 0.5) is 5.13 Å². The van der Waals surface area contributed by atoms with E-state index in [-0.39, 0.29) is 18.3 Å². The number of nitrogens with one attached hydrogen (secondary N) is 1. The fraction of sp³-hybridized carbons (Fsp3) is 0.190. The van der Waals surface area contributed by atoms with Gasteiger partial charge in [-0.1, -0.05) is 18.2 Å². The Labute approximate surface area is 165 Å². The van der Waals surface area contributed by atoms with E-state index in [0.717, 1.165) is 29.0 Å². The van der Waals surface area contributed by atoms with Crippen LogP contribution in [0.3, 0.4) is 0 Å². The molecule has 2 aromatic carbocycles. The largest absolute Gasteiger partial charge is 0.493 e. The number of benzene rings is 2. The standard InChI is InChI=1S/C21H16N2O4S/c24-19(10-18-14-3-1-2-4-15(14)20(25)27-18)23-21-22-16(11-28-21)12-5-6-17-13(9-12)7-8-26-17/h1-6,9,11,18H,7-8,10H2,(H,22,23,24). The number of esters is 1. The Hall–Kier alpha value is -3.19. The molecule has 0 radical (unpaired) electrons. The van der Waals surface area contributed by atoms with Gasteiger partial charge in [0.1, 0.15) is 11.9 Å². The number of amides is 1. The van der Waals surface area contributed by atoms with Gasteiger partial charge in [-0.25, -0.2) is 9.78 Å². The molecule has 2 aliphatic heterocycles. The fourth-order valence-corrected chi connectivity index (χ4v) is 4.26. The maximum Gasteiger partial charge on any atom is 0.339 e. The molecular weight excluding hydrogens is 376 g/mol. The van der Waals surface area contributed by atoms with Crippen molar-refractivity contribution in [3.05, 3.63) is 64.5 Å². The molecule has 0 bridgehead atoms. The van der Waals surface area contributed by atoms with Crippen molar-refractivity contribution in [3.63, 3.8) is 0 Å². The molecule has 2 aliphatic rings. The van der Waals surface area contributed by atoms with Gasteiger partial charge in [-0.2, -0.15) is 0 Å². The fourth-order valence-electron chi connectivity index (χ4n) is 3.52. The van der Waals surface area contributed by atoms with E-state index < -0.39 is 6.10 Å². The molecule has 0 aliphatic carbocycles. The van der Waals surface area contributed by atoms with Crippen molar-refractivity contribution < 1.29 is 19.1 Å². The van der Waals surface area contributed by atoms with Crippen LogP contribution in [-0.4, -0.2) is 23.5 Å². The van der Waals surface area contributed by atoms with Crippen LogP contribution in [0.2, 0.25) is 0 Å². The molecule has 0 saturated heterocycles. The Morgan fingerprint density at radius 3 is 3.07 bits per heavy atom. The third-order valence-corrected chi connectivity index (χ3v) is 5.64. The molecule has 0 saturated carbocycles. The van der Waals surface area contributed by atoms with E-state index in [1.807, 2.05) is 29.6 Å². The topological polar surface area (TPSA) is 77.5 Å². The molecule has 6 nitrogen and oxygen atoms in total. The van der Waals surface area contributed by atoms with Crippen LogP contribution in [0.15, 0.2) is 47.8 Å². The van der Waals surface area contributed by atoms with Gasteiger partial charge in [0.15, 0.2) is 5.13 Å². The molecule has 3 aromatic rings. The molecule has 5 rings (SSSR count). The highest BCUT2D eigenvalue weighted by atomic mass is 32.1. The highest BCUT2D eigenvalue weighted by Gasteiger charge is 2.32. The van der Waals surface area contributed by atoms with Crippen molar-refractivity contribution in [2.24, 2.45) is 0 Å². The van der Waals surface area contributed by atoms with Gasteiger partial charge in [0.05, 0.1) is 24.3 Å². The summed E-state index contributed by atoms with van der Waals surface area (Å²) in [5.41, 5.74) is 4.27. The Balaban J connectivity index is 1.27. The number of hydrogen-bond acceptors (Lipinski definition) is 6. The Bertz CT molecular complexity index is 1090. The van der Waals surface area contributed by atoms with E-state index in [9.17, 15) is 9.59 Å². The lowest BCUT2D eigenvalue weighted by atomic mass is 10.0. The van der Waals surface area contributed by atoms with Crippen LogP contribution >= 0.6 is 11.3 Å². The number of rotatable bonds is 4. The van der Waals surface area contributed by atoms with Crippen molar-refractivity contribution in [1.82, 2.24) is 4.98 Å². The zero-order valence-corrected chi connectivity index (χ0v) is 15.6. The maximum absolute atomic E-state index is 12.4. The number of carbonyl (C=O) groups excluding carboxylic acids is 2. The lowest BCUT2D eigenvalue weighted by molar-refractivity contribution is -0.118. The third-order valence-electron chi connectivity index (χ3n) is 4.88. The summed E-state index contributed by atoms with van der Waals surface area (Å²) in [7, 11) is 0. The predicted molar refractivity (Wildman–Crippen MR) is 105 cm³/mol. The monoisotopic (exact) mass is 392 g/mol. The van der Waals surface area contributed by atoms with Crippen molar-refractivity contribution in [2.75, 3.05) is 11.9 Å². The van der Waals surface area contributed by atoms with E-state index in [2.05, 4.69) is 16.4 Å². The lowest BCUT2D eigenvalue weighted by Crippen LogP contribution is -2.15. The molecule has 1 unspecified atom stereocenters. The summed E-state index contributed by atoms with van der Waals surface area (Å²) in [5, 5.41) is 5.25. The molecule has 0 spiro atoms. The van der Waals surface area contributed by atoms with Gasteiger partial charge in [0, 0.05) is 22.9 Å². The molecule has 1 aromatic heterocycles. The number of cyclic esters (lactones) is 1. The number of fused-ring (bicyclic) bond motifs is 2. The average molecular weight is 392 g/mol. The molecular formula is C21H16N2O4S. The van der Waals surface area contributed by atoms with Crippen molar-refractivity contribution in [2.45, 2.75) is 18.9 Å². The summed E-state index contributed by atoms with van der Waals surface area (Å²) in [6.45, 7) is 0.714. The highest BCUT2D eigenvalue weighted by Crippen LogP contribution is 2.34. The molecule has 140 valence electrons. The van der Waals surface area contributed by atoms with Gasteiger partial charge in [0.2, 0.25) is 5.91 Å². The molecule has 1 amide bonds. The number of anilines is 1. The van der Waals surface area contributed by atoms with Crippen LogP contribution in [0, 0.1) is 0 Å². The maximum atomic E-state index is 12.4. The Morgan fingerprint density at radius 2 is 2.14 bits per heavy atom. The smallest absolute Gasteiger partial charge is 0.339 e. The van der Waals surface area contributed by atoms with Crippen molar-refractivity contribution in [1.29, 1.82) is 0 Å². The number of thiazole rings is 1. The number of nitrogens with zero attached hydrogens (tertiary/aromatic N) is 1. The minimum atomic E-state index is -0.556.